The van der Waals surface area contributed by atoms with Crippen LogP contribution in [0, 0.1) is 6.92 Å². The zero-order valence-electron chi connectivity index (χ0n) is 16.1. The fourth-order valence-electron chi connectivity index (χ4n) is 2.84. The number of benzene rings is 2. The van der Waals surface area contributed by atoms with Crippen molar-refractivity contribution >= 4 is 39.3 Å². The molecule has 4 aromatic rings. The molecule has 6 nitrogen and oxygen atoms in total. The Hall–Kier alpha value is -2.97. The molecular weight excluding hydrogens is 462 g/mol. The van der Waals surface area contributed by atoms with E-state index in [1.54, 1.807) is 12.4 Å². The van der Waals surface area contributed by atoms with E-state index in [-0.39, 0.29) is 11.7 Å². The zero-order chi connectivity index (χ0) is 20.9. The summed E-state index contributed by atoms with van der Waals surface area (Å²) in [6.07, 6.45) is 3.44. The van der Waals surface area contributed by atoms with Gasteiger partial charge in [0.2, 0.25) is 5.91 Å². The number of anilines is 1. The van der Waals surface area contributed by atoms with Crippen LogP contribution in [0.25, 0.3) is 17.1 Å². The summed E-state index contributed by atoms with van der Waals surface area (Å²) in [5, 5.41) is 12.3. The normalized spacial score (nSPS) is 10.7. The Morgan fingerprint density at radius 3 is 2.40 bits per heavy atom. The van der Waals surface area contributed by atoms with E-state index in [4.69, 9.17) is 0 Å². The number of aryl methyl sites for hydroxylation is 1. The van der Waals surface area contributed by atoms with Gasteiger partial charge < -0.3 is 5.32 Å². The third kappa shape index (κ3) is 4.77. The molecule has 0 radical (unpaired) electrons. The quantitative estimate of drug-likeness (QED) is 0.388. The summed E-state index contributed by atoms with van der Waals surface area (Å²) in [6, 6.07) is 19.4. The molecule has 150 valence electrons. The summed E-state index contributed by atoms with van der Waals surface area (Å²) < 4.78 is 2.93. The molecule has 0 bridgehead atoms. The summed E-state index contributed by atoms with van der Waals surface area (Å²) in [5.41, 5.74) is 3.74. The number of carbonyl (C=O) groups excluding carboxylic acids is 1. The summed E-state index contributed by atoms with van der Waals surface area (Å²) in [4.78, 5) is 16.5. The molecule has 8 heteroatoms. The van der Waals surface area contributed by atoms with Crippen molar-refractivity contribution in [3.05, 3.63) is 83.1 Å². The van der Waals surface area contributed by atoms with Crippen molar-refractivity contribution in [1.29, 1.82) is 0 Å². The number of halogens is 1. The van der Waals surface area contributed by atoms with Crippen molar-refractivity contribution < 1.29 is 4.79 Å². The molecule has 4 rings (SSSR count). The molecule has 0 saturated carbocycles. The predicted octanol–water partition coefficient (Wildman–Crippen LogP) is 5.13. The van der Waals surface area contributed by atoms with Gasteiger partial charge in [0, 0.05) is 33.8 Å². The van der Waals surface area contributed by atoms with Crippen molar-refractivity contribution in [2.24, 2.45) is 0 Å². The van der Waals surface area contributed by atoms with Gasteiger partial charge >= 0.3 is 0 Å². The molecule has 0 saturated heterocycles. The molecular formula is C22H18BrN5OS. The Morgan fingerprint density at radius 2 is 1.70 bits per heavy atom. The maximum atomic E-state index is 12.4. The van der Waals surface area contributed by atoms with Crippen LogP contribution in [0.1, 0.15) is 5.56 Å². The summed E-state index contributed by atoms with van der Waals surface area (Å²) in [6.45, 7) is 2.01. The molecule has 0 atom stereocenters. The number of pyridine rings is 1. The minimum Gasteiger partial charge on any atom is -0.325 e. The fourth-order valence-corrected chi connectivity index (χ4v) is 3.85. The highest BCUT2D eigenvalue weighted by molar-refractivity contribution is 9.10. The first-order valence-corrected chi connectivity index (χ1v) is 11.0. The highest BCUT2D eigenvalue weighted by atomic mass is 79.9. The van der Waals surface area contributed by atoms with Gasteiger partial charge in [-0.2, -0.15) is 0 Å². The van der Waals surface area contributed by atoms with Gasteiger partial charge in [-0.15, -0.1) is 10.2 Å². The van der Waals surface area contributed by atoms with Crippen LogP contribution in [0.5, 0.6) is 0 Å². The maximum Gasteiger partial charge on any atom is 0.234 e. The Kier molecular flexibility index (Phi) is 6.25. The number of hydrogen-bond donors (Lipinski definition) is 1. The smallest absolute Gasteiger partial charge is 0.234 e. The minimum absolute atomic E-state index is 0.0975. The van der Waals surface area contributed by atoms with Crippen molar-refractivity contribution in [3.8, 4) is 17.1 Å². The highest BCUT2D eigenvalue weighted by Crippen LogP contribution is 2.28. The van der Waals surface area contributed by atoms with Gasteiger partial charge in [-0.25, -0.2) is 0 Å². The van der Waals surface area contributed by atoms with Crippen LogP contribution in [0.15, 0.2) is 82.7 Å². The minimum atomic E-state index is -0.0975. The van der Waals surface area contributed by atoms with E-state index < -0.39 is 0 Å². The van der Waals surface area contributed by atoms with Gasteiger partial charge in [-0.3, -0.25) is 14.3 Å². The van der Waals surface area contributed by atoms with Gasteiger partial charge in [0.1, 0.15) is 0 Å². The Labute approximate surface area is 186 Å². The van der Waals surface area contributed by atoms with E-state index in [0.29, 0.717) is 11.0 Å². The molecule has 0 aliphatic carbocycles. The molecule has 0 aliphatic heterocycles. The highest BCUT2D eigenvalue weighted by Gasteiger charge is 2.17. The monoisotopic (exact) mass is 479 g/mol. The molecule has 1 amide bonds. The van der Waals surface area contributed by atoms with Gasteiger partial charge in [0.05, 0.1) is 5.75 Å². The Bertz CT molecular complexity index is 1140. The number of rotatable bonds is 6. The lowest BCUT2D eigenvalue weighted by atomic mass is 10.2. The number of hydrogen-bond acceptors (Lipinski definition) is 5. The third-order valence-electron chi connectivity index (χ3n) is 4.32. The first-order valence-electron chi connectivity index (χ1n) is 9.21. The van der Waals surface area contributed by atoms with Crippen LogP contribution in [0.4, 0.5) is 5.69 Å². The number of carbonyl (C=O) groups is 1. The van der Waals surface area contributed by atoms with Crippen LogP contribution in [-0.2, 0) is 4.79 Å². The van der Waals surface area contributed by atoms with Gasteiger partial charge in [-0.05, 0) is 55.5 Å². The number of amides is 1. The second kappa shape index (κ2) is 9.23. The van der Waals surface area contributed by atoms with E-state index in [0.717, 1.165) is 27.0 Å². The summed E-state index contributed by atoms with van der Waals surface area (Å²) in [7, 11) is 0. The van der Waals surface area contributed by atoms with Crippen molar-refractivity contribution in [2.75, 3.05) is 11.1 Å². The number of aromatic nitrogens is 4. The molecule has 2 aromatic carbocycles. The van der Waals surface area contributed by atoms with Crippen LogP contribution in [-0.4, -0.2) is 31.4 Å². The zero-order valence-corrected chi connectivity index (χ0v) is 18.5. The lowest BCUT2D eigenvalue weighted by Crippen LogP contribution is -2.14. The Morgan fingerprint density at radius 1 is 1.00 bits per heavy atom. The molecule has 30 heavy (non-hydrogen) atoms. The van der Waals surface area contributed by atoms with E-state index in [1.807, 2.05) is 72.2 Å². The second-order valence-electron chi connectivity index (χ2n) is 6.56. The third-order valence-corrected chi connectivity index (χ3v) is 5.78. The molecule has 2 heterocycles. The van der Waals surface area contributed by atoms with E-state index >= 15 is 0 Å². The van der Waals surface area contributed by atoms with Crippen molar-refractivity contribution in [1.82, 2.24) is 19.7 Å². The number of nitrogens with one attached hydrogen (secondary N) is 1. The standard InChI is InChI=1S/C22H18BrN5OS/c1-15-2-6-18(7-3-15)25-20(29)14-30-22-27-26-21(16-10-12-24-13-11-16)28(22)19-8-4-17(23)5-9-19/h2-13H,14H2,1H3,(H,25,29). The van der Waals surface area contributed by atoms with Crippen LogP contribution >= 0.6 is 27.7 Å². The lowest BCUT2D eigenvalue weighted by Gasteiger charge is -2.11. The lowest BCUT2D eigenvalue weighted by molar-refractivity contribution is -0.113. The van der Waals surface area contributed by atoms with Crippen LogP contribution in [0.3, 0.4) is 0 Å². The Balaban J connectivity index is 1.58. The van der Waals surface area contributed by atoms with Crippen molar-refractivity contribution in [3.63, 3.8) is 0 Å². The second-order valence-corrected chi connectivity index (χ2v) is 8.41. The molecule has 1 N–H and O–H groups in total. The average molecular weight is 480 g/mol. The largest absolute Gasteiger partial charge is 0.325 e. The molecule has 0 unspecified atom stereocenters. The molecule has 0 spiro atoms. The van der Waals surface area contributed by atoms with Crippen LogP contribution in [0.2, 0.25) is 0 Å². The van der Waals surface area contributed by atoms with Gasteiger partial charge in [0.15, 0.2) is 11.0 Å². The summed E-state index contributed by atoms with van der Waals surface area (Å²) in [5.74, 6) is 0.819. The number of thioether (sulfide) groups is 1. The van der Waals surface area contributed by atoms with E-state index in [2.05, 4.69) is 36.4 Å². The predicted molar refractivity (Wildman–Crippen MR) is 123 cm³/mol. The molecule has 0 aliphatic rings. The van der Waals surface area contributed by atoms with E-state index in [9.17, 15) is 4.79 Å². The van der Waals surface area contributed by atoms with Gasteiger partial charge in [-0.1, -0.05) is 45.4 Å². The van der Waals surface area contributed by atoms with Gasteiger partial charge in [0.25, 0.3) is 0 Å². The average Bonchev–Trinajstić information content (AvgIpc) is 3.19. The van der Waals surface area contributed by atoms with E-state index in [1.165, 1.54) is 11.8 Å². The first kappa shape index (κ1) is 20.3. The first-order chi connectivity index (χ1) is 14.6. The fraction of sp³-hybridized carbons (Fsp3) is 0.0909. The van der Waals surface area contributed by atoms with Crippen LogP contribution < -0.4 is 5.32 Å². The molecule has 2 aromatic heterocycles. The molecule has 0 fully saturated rings. The maximum absolute atomic E-state index is 12.4. The number of nitrogens with zero attached hydrogens (tertiary/aromatic N) is 4. The topological polar surface area (TPSA) is 72.7 Å². The van der Waals surface area contributed by atoms with Crippen molar-refractivity contribution in [2.45, 2.75) is 12.1 Å². The summed E-state index contributed by atoms with van der Waals surface area (Å²) >= 11 is 4.81. The SMILES string of the molecule is Cc1ccc(NC(=O)CSc2nnc(-c3ccncc3)n2-c2ccc(Br)cc2)cc1.